The quantitative estimate of drug-likeness (QED) is 0.513. The summed E-state index contributed by atoms with van der Waals surface area (Å²) in [4.78, 5) is 0.544. The van der Waals surface area contributed by atoms with Gasteiger partial charge in [0.2, 0.25) is 0 Å². The van der Waals surface area contributed by atoms with Crippen molar-refractivity contribution in [3.8, 4) is 0 Å². The number of hydrogen-bond acceptors (Lipinski definition) is 0. The van der Waals surface area contributed by atoms with Gasteiger partial charge in [-0.1, -0.05) is 15.9 Å². The zero-order chi connectivity index (χ0) is 6.17. The largest absolute Gasteiger partial charge is 0.247 e. The normalized spacial score (nSPS) is 75.3. The standard InChI is InChI=1S/C7H8BrF/c8-6-3-1-2-4(6)5(2)7(3)9/h2-7H,1H2/t2-,3+,4-,5+,6-,7+/m1/s1. The van der Waals surface area contributed by atoms with Crippen molar-refractivity contribution in [1.29, 1.82) is 0 Å². The van der Waals surface area contributed by atoms with E-state index in [0.29, 0.717) is 16.7 Å². The first-order chi connectivity index (χ1) is 4.30. The smallest absolute Gasteiger partial charge is 0.107 e. The van der Waals surface area contributed by atoms with Crippen molar-refractivity contribution in [2.24, 2.45) is 23.7 Å². The molecule has 9 heavy (non-hydrogen) atoms. The van der Waals surface area contributed by atoms with Gasteiger partial charge in [0.15, 0.2) is 0 Å². The molecular weight excluding hydrogens is 183 g/mol. The summed E-state index contributed by atoms with van der Waals surface area (Å²) in [6, 6.07) is 0. The third-order valence-corrected chi connectivity index (χ3v) is 4.68. The lowest BCUT2D eigenvalue weighted by Gasteiger charge is -2.06. The summed E-state index contributed by atoms with van der Waals surface area (Å²) in [5.74, 6) is 2.41. The average molecular weight is 191 g/mol. The maximum atomic E-state index is 13.0. The minimum Gasteiger partial charge on any atom is -0.247 e. The van der Waals surface area contributed by atoms with Crippen LogP contribution < -0.4 is 0 Å². The van der Waals surface area contributed by atoms with Crippen LogP contribution in [-0.2, 0) is 0 Å². The van der Waals surface area contributed by atoms with Gasteiger partial charge in [-0.3, -0.25) is 0 Å². The Kier molecular flexibility index (Phi) is 0.696. The summed E-state index contributed by atoms with van der Waals surface area (Å²) in [6.45, 7) is 0. The molecule has 4 bridgehead atoms. The lowest BCUT2D eigenvalue weighted by Crippen LogP contribution is -2.10. The monoisotopic (exact) mass is 190 g/mol. The van der Waals surface area contributed by atoms with Crippen LogP contribution in [0.1, 0.15) is 6.42 Å². The molecule has 0 nitrogen and oxygen atoms in total. The second kappa shape index (κ2) is 1.23. The minimum atomic E-state index is -0.440. The molecule has 0 N–H and O–H groups in total. The van der Waals surface area contributed by atoms with Crippen LogP contribution >= 0.6 is 15.9 Å². The Morgan fingerprint density at radius 2 is 2.00 bits per heavy atom. The summed E-state index contributed by atoms with van der Waals surface area (Å²) in [5.41, 5.74) is 0. The van der Waals surface area contributed by atoms with Gasteiger partial charge in [0.1, 0.15) is 6.17 Å². The van der Waals surface area contributed by atoms with Crippen LogP contribution in [0.2, 0.25) is 0 Å². The van der Waals surface area contributed by atoms with Crippen molar-refractivity contribution in [3.63, 3.8) is 0 Å². The fraction of sp³-hybridized carbons (Fsp3) is 1.00. The lowest BCUT2D eigenvalue weighted by atomic mass is 10.1. The predicted octanol–water partition coefficient (Wildman–Crippen LogP) is 1.98. The SMILES string of the molecule is F[C@H]1[C@H]2C[C@@H]3[C@@H]([C@@H]2Br)[C@@H]13. The molecule has 0 heterocycles. The molecule has 50 valence electrons. The van der Waals surface area contributed by atoms with E-state index in [1.54, 1.807) is 0 Å². The molecule has 6 atom stereocenters. The van der Waals surface area contributed by atoms with Crippen LogP contribution in [0.3, 0.4) is 0 Å². The van der Waals surface area contributed by atoms with Gasteiger partial charge in [-0.2, -0.15) is 0 Å². The number of halogens is 2. The fourth-order valence-corrected chi connectivity index (χ4v) is 4.21. The Balaban J connectivity index is 2.07. The summed E-state index contributed by atoms with van der Waals surface area (Å²) in [6.07, 6.45) is 0.733. The zero-order valence-electron chi connectivity index (χ0n) is 4.93. The van der Waals surface area contributed by atoms with E-state index in [4.69, 9.17) is 0 Å². The molecule has 4 fully saturated rings. The van der Waals surface area contributed by atoms with Crippen LogP contribution in [0.15, 0.2) is 0 Å². The Morgan fingerprint density at radius 1 is 1.22 bits per heavy atom. The lowest BCUT2D eigenvalue weighted by molar-refractivity contribution is 0.274. The van der Waals surface area contributed by atoms with Crippen LogP contribution in [-0.4, -0.2) is 11.0 Å². The van der Waals surface area contributed by atoms with E-state index in [2.05, 4.69) is 15.9 Å². The summed E-state index contributed by atoms with van der Waals surface area (Å²) < 4.78 is 13.0. The highest BCUT2D eigenvalue weighted by molar-refractivity contribution is 9.09. The summed E-state index contributed by atoms with van der Waals surface area (Å²) in [7, 11) is 0. The molecular formula is C7H8BrF. The molecule has 0 saturated heterocycles. The molecule has 4 aliphatic rings. The van der Waals surface area contributed by atoms with E-state index in [0.717, 1.165) is 11.8 Å². The van der Waals surface area contributed by atoms with Gasteiger partial charge in [0.05, 0.1) is 0 Å². The van der Waals surface area contributed by atoms with Gasteiger partial charge in [-0.15, -0.1) is 0 Å². The van der Waals surface area contributed by atoms with E-state index >= 15 is 0 Å². The first-order valence-electron chi connectivity index (χ1n) is 3.59. The van der Waals surface area contributed by atoms with E-state index in [1.165, 1.54) is 6.42 Å². The molecule has 2 heteroatoms. The Hall–Kier alpha value is 0.410. The molecule has 4 rings (SSSR count). The molecule has 0 spiro atoms. The van der Waals surface area contributed by atoms with E-state index < -0.39 is 6.17 Å². The highest BCUT2D eigenvalue weighted by Crippen LogP contribution is 2.73. The fourth-order valence-electron chi connectivity index (χ4n) is 2.96. The van der Waals surface area contributed by atoms with Gasteiger partial charge in [-0.25, -0.2) is 4.39 Å². The molecule has 0 aromatic rings. The van der Waals surface area contributed by atoms with Crippen molar-refractivity contribution in [1.82, 2.24) is 0 Å². The second-order valence-corrected chi connectivity index (χ2v) is 4.66. The molecule has 0 aromatic heterocycles. The molecule has 4 aliphatic carbocycles. The molecule has 0 aromatic carbocycles. The van der Waals surface area contributed by atoms with Gasteiger partial charge in [-0.05, 0) is 24.2 Å². The molecule has 0 aliphatic heterocycles. The molecule has 4 saturated carbocycles. The number of hydrogen-bond donors (Lipinski definition) is 0. The van der Waals surface area contributed by atoms with E-state index in [9.17, 15) is 4.39 Å². The van der Waals surface area contributed by atoms with Gasteiger partial charge in [0, 0.05) is 10.7 Å². The van der Waals surface area contributed by atoms with Crippen LogP contribution in [0.5, 0.6) is 0 Å². The molecule has 0 unspecified atom stereocenters. The average Bonchev–Trinajstić information content (AvgIpc) is 2.18. The van der Waals surface area contributed by atoms with Crippen LogP contribution in [0.4, 0.5) is 4.39 Å². The Bertz CT molecular complexity index is 150. The first kappa shape index (κ1) is 5.11. The Morgan fingerprint density at radius 3 is 2.11 bits per heavy atom. The summed E-state index contributed by atoms with van der Waals surface area (Å²) in [5, 5.41) is 0. The highest BCUT2D eigenvalue weighted by atomic mass is 79.9. The molecule has 0 amide bonds. The van der Waals surface area contributed by atoms with Crippen molar-refractivity contribution in [2.45, 2.75) is 17.4 Å². The van der Waals surface area contributed by atoms with Crippen molar-refractivity contribution < 1.29 is 4.39 Å². The van der Waals surface area contributed by atoms with Gasteiger partial charge >= 0.3 is 0 Å². The van der Waals surface area contributed by atoms with E-state index in [1.807, 2.05) is 0 Å². The summed E-state index contributed by atoms with van der Waals surface area (Å²) >= 11 is 3.55. The maximum Gasteiger partial charge on any atom is 0.107 e. The zero-order valence-corrected chi connectivity index (χ0v) is 6.51. The van der Waals surface area contributed by atoms with Crippen molar-refractivity contribution >= 4 is 15.9 Å². The van der Waals surface area contributed by atoms with E-state index in [-0.39, 0.29) is 0 Å². The van der Waals surface area contributed by atoms with Crippen LogP contribution in [0, 0.1) is 23.7 Å². The maximum absolute atomic E-state index is 13.0. The minimum absolute atomic E-state index is 0.394. The van der Waals surface area contributed by atoms with Crippen molar-refractivity contribution in [2.75, 3.05) is 0 Å². The third kappa shape index (κ3) is 0.374. The first-order valence-corrected chi connectivity index (χ1v) is 4.50. The second-order valence-electron chi connectivity index (χ2n) is 3.61. The van der Waals surface area contributed by atoms with Gasteiger partial charge in [0.25, 0.3) is 0 Å². The predicted molar refractivity (Wildman–Crippen MR) is 36.2 cm³/mol. The van der Waals surface area contributed by atoms with Gasteiger partial charge < -0.3 is 0 Å². The van der Waals surface area contributed by atoms with Crippen LogP contribution in [0.25, 0.3) is 0 Å². The highest BCUT2D eigenvalue weighted by Gasteiger charge is 2.73. The third-order valence-electron chi connectivity index (χ3n) is 3.39. The topological polar surface area (TPSA) is 0 Å². The van der Waals surface area contributed by atoms with Crippen molar-refractivity contribution in [3.05, 3.63) is 0 Å². The number of alkyl halides is 2. The Labute approximate surface area is 61.9 Å². The number of rotatable bonds is 0. The molecule has 0 radical (unpaired) electrons.